The molecule has 0 spiro atoms. The molecule has 1 aliphatic carbocycles. The summed E-state index contributed by atoms with van der Waals surface area (Å²) in [4.78, 5) is 35.8. The number of rotatable bonds is 1. The van der Waals surface area contributed by atoms with Crippen molar-refractivity contribution in [3.05, 3.63) is 0 Å². The van der Waals surface area contributed by atoms with Gasteiger partial charge in [0.25, 0.3) is 0 Å². The predicted octanol–water partition coefficient (Wildman–Crippen LogP) is -0.730. The molecular formula is C10H12N2O3. The van der Waals surface area contributed by atoms with E-state index in [0.717, 1.165) is 6.42 Å². The molecule has 3 amide bonds. The van der Waals surface area contributed by atoms with Crippen LogP contribution in [-0.4, -0.2) is 35.2 Å². The van der Waals surface area contributed by atoms with Crippen LogP contribution in [0.15, 0.2) is 0 Å². The van der Waals surface area contributed by atoms with Crippen LogP contribution in [0.3, 0.4) is 0 Å². The number of fused-ring (bicyclic) bond motifs is 1. The van der Waals surface area contributed by atoms with E-state index in [2.05, 4.69) is 5.32 Å². The Morgan fingerprint density at radius 3 is 2.33 bits per heavy atom. The minimum Gasteiger partial charge on any atom is -0.354 e. The topological polar surface area (TPSA) is 66.5 Å². The van der Waals surface area contributed by atoms with Crippen molar-refractivity contribution in [1.82, 2.24) is 10.2 Å². The molecule has 3 rings (SSSR count). The van der Waals surface area contributed by atoms with Crippen LogP contribution in [-0.2, 0) is 14.4 Å². The maximum atomic E-state index is 11.7. The highest BCUT2D eigenvalue weighted by Gasteiger charge is 2.60. The smallest absolute Gasteiger partial charge is 0.233 e. The van der Waals surface area contributed by atoms with E-state index in [-0.39, 0.29) is 35.6 Å². The number of hydrogen-bond donors (Lipinski definition) is 1. The molecule has 0 aromatic carbocycles. The number of carbonyl (C=O) groups excluding carboxylic acids is 3. The first-order valence-corrected chi connectivity index (χ1v) is 5.32. The van der Waals surface area contributed by atoms with E-state index < -0.39 is 0 Å². The first-order chi connectivity index (χ1) is 7.18. The van der Waals surface area contributed by atoms with Gasteiger partial charge in [-0.25, -0.2) is 0 Å². The van der Waals surface area contributed by atoms with Crippen LogP contribution >= 0.6 is 0 Å². The fourth-order valence-electron chi connectivity index (χ4n) is 2.51. The summed E-state index contributed by atoms with van der Waals surface area (Å²) in [5.74, 6) is -0.0990. The quantitative estimate of drug-likeness (QED) is 0.578. The molecule has 0 aromatic rings. The highest BCUT2D eigenvalue weighted by atomic mass is 16.2. The Kier molecular flexibility index (Phi) is 1.66. The average Bonchev–Trinajstić information content (AvgIpc) is 2.96. The molecule has 3 unspecified atom stereocenters. The average molecular weight is 208 g/mol. The second-order valence-corrected chi connectivity index (χ2v) is 4.49. The summed E-state index contributed by atoms with van der Waals surface area (Å²) in [7, 11) is 0. The lowest BCUT2D eigenvalue weighted by molar-refractivity contribution is -0.145. The highest BCUT2D eigenvalue weighted by Crippen LogP contribution is 2.47. The van der Waals surface area contributed by atoms with E-state index in [4.69, 9.17) is 0 Å². The summed E-state index contributed by atoms with van der Waals surface area (Å²) in [6.45, 7) is 0.426. The van der Waals surface area contributed by atoms with Gasteiger partial charge in [-0.2, -0.15) is 0 Å². The maximum absolute atomic E-state index is 11.7. The highest BCUT2D eigenvalue weighted by molar-refractivity contribution is 6.09. The molecule has 2 saturated heterocycles. The largest absolute Gasteiger partial charge is 0.354 e. The van der Waals surface area contributed by atoms with Crippen LogP contribution in [0.4, 0.5) is 0 Å². The fraction of sp³-hybridized carbons (Fsp3) is 0.700. The van der Waals surface area contributed by atoms with Gasteiger partial charge in [0.2, 0.25) is 17.7 Å². The number of nitrogens with zero attached hydrogens (tertiary/aromatic N) is 1. The Morgan fingerprint density at radius 1 is 1.13 bits per heavy atom. The van der Waals surface area contributed by atoms with Gasteiger partial charge in [-0.05, 0) is 12.8 Å². The summed E-state index contributed by atoms with van der Waals surface area (Å²) in [6, 6.07) is -0.101. The molecule has 1 N–H and O–H groups in total. The zero-order chi connectivity index (χ0) is 10.6. The van der Waals surface area contributed by atoms with Crippen LogP contribution in [0.5, 0.6) is 0 Å². The maximum Gasteiger partial charge on any atom is 0.233 e. The van der Waals surface area contributed by atoms with E-state index in [1.807, 2.05) is 0 Å². The molecule has 0 bridgehead atoms. The Morgan fingerprint density at radius 2 is 1.80 bits per heavy atom. The number of carbonyl (C=O) groups is 3. The Balaban J connectivity index is 1.75. The van der Waals surface area contributed by atoms with Gasteiger partial charge in [-0.3, -0.25) is 19.3 Å². The second-order valence-electron chi connectivity index (χ2n) is 4.49. The minimum absolute atomic E-state index is 0.00973. The predicted molar refractivity (Wildman–Crippen MR) is 49.5 cm³/mol. The summed E-state index contributed by atoms with van der Waals surface area (Å²) in [5, 5.41) is 2.69. The van der Waals surface area contributed by atoms with Gasteiger partial charge in [0.15, 0.2) is 0 Å². The molecule has 0 radical (unpaired) electrons. The minimum atomic E-state index is -0.101. The van der Waals surface area contributed by atoms with Crippen LogP contribution in [0.25, 0.3) is 0 Å². The van der Waals surface area contributed by atoms with Gasteiger partial charge in [-0.15, -0.1) is 0 Å². The molecule has 1 saturated carbocycles. The lowest BCUT2D eigenvalue weighted by atomic mass is 10.1. The number of amides is 3. The van der Waals surface area contributed by atoms with Crippen LogP contribution in [0, 0.1) is 11.8 Å². The third kappa shape index (κ3) is 1.19. The fourth-order valence-corrected chi connectivity index (χ4v) is 2.51. The van der Waals surface area contributed by atoms with Crippen molar-refractivity contribution in [2.45, 2.75) is 25.3 Å². The monoisotopic (exact) mass is 208 g/mol. The van der Waals surface area contributed by atoms with Gasteiger partial charge in [0.05, 0.1) is 17.9 Å². The van der Waals surface area contributed by atoms with Crippen molar-refractivity contribution in [3.8, 4) is 0 Å². The Hall–Kier alpha value is -1.39. The second kappa shape index (κ2) is 2.81. The van der Waals surface area contributed by atoms with Crippen molar-refractivity contribution in [1.29, 1.82) is 0 Å². The number of imide groups is 1. The van der Waals surface area contributed by atoms with E-state index in [9.17, 15) is 14.4 Å². The molecule has 15 heavy (non-hydrogen) atoms. The van der Waals surface area contributed by atoms with Crippen molar-refractivity contribution < 1.29 is 14.4 Å². The molecule has 3 atom stereocenters. The molecule has 2 aliphatic heterocycles. The lowest BCUT2D eigenvalue weighted by Gasteiger charge is -2.30. The SMILES string of the molecule is O=C1CCC(N2C(=O)C3CC3C2=O)CN1. The summed E-state index contributed by atoms with van der Waals surface area (Å²) < 4.78 is 0. The van der Waals surface area contributed by atoms with Crippen molar-refractivity contribution in [3.63, 3.8) is 0 Å². The first-order valence-electron chi connectivity index (χ1n) is 5.32. The normalized spacial score (nSPS) is 39.1. The number of nitrogens with one attached hydrogen (secondary N) is 1. The summed E-state index contributed by atoms with van der Waals surface area (Å²) in [6.07, 6.45) is 1.77. The van der Waals surface area contributed by atoms with Gasteiger partial charge in [0.1, 0.15) is 0 Å². The number of piperidine rings is 2. The third-order valence-corrected chi connectivity index (χ3v) is 3.50. The van der Waals surface area contributed by atoms with Crippen molar-refractivity contribution in [2.24, 2.45) is 11.8 Å². The Bertz CT molecular complexity index is 336. The zero-order valence-corrected chi connectivity index (χ0v) is 8.23. The lowest BCUT2D eigenvalue weighted by Crippen LogP contribution is -2.51. The molecule has 5 heteroatoms. The molecule has 2 heterocycles. The number of hydrogen-bond acceptors (Lipinski definition) is 3. The molecular weight excluding hydrogens is 196 g/mol. The number of likely N-dealkylation sites (tertiary alicyclic amines) is 1. The molecule has 3 aliphatic rings. The molecule has 80 valence electrons. The van der Waals surface area contributed by atoms with E-state index in [1.165, 1.54) is 4.90 Å². The van der Waals surface area contributed by atoms with E-state index in [0.29, 0.717) is 19.4 Å². The van der Waals surface area contributed by atoms with Crippen molar-refractivity contribution in [2.75, 3.05) is 6.54 Å². The summed E-state index contributed by atoms with van der Waals surface area (Å²) >= 11 is 0. The van der Waals surface area contributed by atoms with Crippen LogP contribution < -0.4 is 5.32 Å². The molecule has 0 aromatic heterocycles. The third-order valence-electron chi connectivity index (χ3n) is 3.50. The molecule has 3 fully saturated rings. The standard InChI is InChI=1S/C10H12N2O3/c13-8-2-1-5(4-11-8)12-9(14)6-3-7(6)10(12)15/h5-7H,1-4H2,(H,11,13). The van der Waals surface area contributed by atoms with Gasteiger partial charge < -0.3 is 5.32 Å². The van der Waals surface area contributed by atoms with Crippen molar-refractivity contribution >= 4 is 17.7 Å². The van der Waals surface area contributed by atoms with Crippen LogP contribution in [0.2, 0.25) is 0 Å². The van der Waals surface area contributed by atoms with Gasteiger partial charge >= 0.3 is 0 Å². The zero-order valence-electron chi connectivity index (χ0n) is 8.23. The van der Waals surface area contributed by atoms with E-state index in [1.54, 1.807) is 0 Å². The van der Waals surface area contributed by atoms with Gasteiger partial charge in [0, 0.05) is 13.0 Å². The molecule has 5 nitrogen and oxygen atoms in total. The first kappa shape index (κ1) is 8.88. The summed E-state index contributed by atoms with van der Waals surface area (Å²) in [5.41, 5.74) is 0. The van der Waals surface area contributed by atoms with Gasteiger partial charge in [-0.1, -0.05) is 0 Å². The van der Waals surface area contributed by atoms with Crippen LogP contribution in [0.1, 0.15) is 19.3 Å². The Labute approximate surface area is 86.8 Å². The van der Waals surface area contributed by atoms with E-state index >= 15 is 0 Å².